The Bertz CT molecular complexity index is 1210. The van der Waals surface area contributed by atoms with Crippen LogP contribution >= 0.6 is 39.1 Å². The van der Waals surface area contributed by atoms with E-state index in [0.29, 0.717) is 34.7 Å². The molecule has 0 saturated carbocycles. The van der Waals surface area contributed by atoms with Crippen LogP contribution in [0.3, 0.4) is 0 Å². The molecule has 0 aliphatic heterocycles. The molecule has 1 aromatic heterocycles. The third-order valence-electron chi connectivity index (χ3n) is 5.37. The first kappa shape index (κ1) is 24.9. The van der Waals surface area contributed by atoms with Crippen LogP contribution in [0.4, 0.5) is 0 Å². The van der Waals surface area contributed by atoms with Crippen molar-refractivity contribution in [2.45, 2.75) is 32.9 Å². The smallest absolute Gasteiger partial charge is 0.162 e. The Kier molecular flexibility index (Phi) is 8.73. The van der Waals surface area contributed by atoms with E-state index in [-0.39, 0.29) is 6.61 Å². The van der Waals surface area contributed by atoms with Crippen LogP contribution in [-0.4, -0.2) is 23.1 Å². The number of aryl methyl sites for hydroxylation is 1. The summed E-state index contributed by atoms with van der Waals surface area (Å²) in [4.78, 5) is 8.02. The van der Waals surface area contributed by atoms with Crippen molar-refractivity contribution in [2.24, 2.45) is 0 Å². The Balaban J connectivity index is 1.33. The number of benzene rings is 3. The summed E-state index contributed by atoms with van der Waals surface area (Å²) in [6.45, 7) is 4.32. The van der Waals surface area contributed by atoms with E-state index in [1.54, 1.807) is 12.1 Å². The summed E-state index contributed by atoms with van der Waals surface area (Å²) in [5.74, 6) is 2.34. The number of fused-ring (bicyclic) bond motifs is 1. The number of rotatable bonds is 11. The molecule has 2 N–H and O–H groups in total. The lowest BCUT2D eigenvalue weighted by molar-refractivity contribution is 0.269. The fourth-order valence-electron chi connectivity index (χ4n) is 3.64. The van der Waals surface area contributed by atoms with Crippen LogP contribution in [0, 0.1) is 0 Å². The zero-order chi connectivity index (χ0) is 23.9. The molecule has 4 rings (SSSR count). The molecule has 1 heterocycles. The maximum absolute atomic E-state index is 6.28. The predicted molar refractivity (Wildman–Crippen MR) is 142 cm³/mol. The van der Waals surface area contributed by atoms with Gasteiger partial charge in [-0.05, 0) is 61.9 Å². The van der Waals surface area contributed by atoms with Crippen molar-refractivity contribution in [3.05, 3.63) is 86.1 Å². The zero-order valence-electron chi connectivity index (χ0n) is 18.8. The third-order valence-corrected chi connectivity index (χ3v) is 6.81. The van der Waals surface area contributed by atoms with Gasteiger partial charge in [0.25, 0.3) is 0 Å². The topological polar surface area (TPSA) is 59.2 Å². The number of nitrogens with zero attached hydrogens (tertiary/aromatic N) is 1. The molecule has 0 atom stereocenters. The second kappa shape index (κ2) is 11.9. The molecule has 0 unspecified atom stereocenters. The van der Waals surface area contributed by atoms with Crippen molar-refractivity contribution >= 4 is 50.2 Å². The molecule has 0 fully saturated rings. The van der Waals surface area contributed by atoms with E-state index in [9.17, 15) is 0 Å². The lowest BCUT2D eigenvalue weighted by Gasteiger charge is -2.16. The average Bonchev–Trinajstić information content (AvgIpc) is 3.24. The average molecular weight is 563 g/mol. The maximum Gasteiger partial charge on any atom is 0.162 e. The Morgan fingerprint density at radius 1 is 1.00 bits per heavy atom. The predicted octanol–water partition coefficient (Wildman–Crippen LogP) is 7.33. The first-order chi connectivity index (χ1) is 16.5. The highest BCUT2D eigenvalue weighted by Crippen LogP contribution is 2.35. The highest BCUT2D eigenvalue weighted by molar-refractivity contribution is 9.10. The Morgan fingerprint density at radius 2 is 1.76 bits per heavy atom. The van der Waals surface area contributed by atoms with E-state index >= 15 is 0 Å². The molecular weight excluding hydrogens is 537 g/mol. The fraction of sp³-hybridized carbons (Fsp3) is 0.269. The van der Waals surface area contributed by atoms with Crippen molar-refractivity contribution in [1.29, 1.82) is 0 Å². The molecule has 0 aliphatic rings. The summed E-state index contributed by atoms with van der Waals surface area (Å²) in [7, 11) is 0. The van der Waals surface area contributed by atoms with Gasteiger partial charge < -0.3 is 19.8 Å². The molecule has 0 amide bonds. The van der Waals surface area contributed by atoms with E-state index in [1.807, 2.05) is 49.4 Å². The number of aromatic amines is 1. The second-order valence-electron chi connectivity index (χ2n) is 7.79. The molecule has 34 heavy (non-hydrogen) atoms. The molecule has 4 aromatic rings. The van der Waals surface area contributed by atoms with Crippen LogP contribution in [0.5, 0.6) is 11.5 Å². The number of aromatic nitrogens is 2. The number of hydrogen-bond acceptors (Lipinski definition) is 4. The quantitative estimate of drug-likeness (QED) is 0.188. The second-order valence-corrected chi connectivity index (χ2v) is 9.46. The number of nitrogens with one attached hydrogen (secondary N) is 2. The summed E-state index contributed by atoms with van der Waals surface area (Å²) >= 11 is 16.2. The molecule has 5 nitrogen and oxygen atoms in total. The summed E-state index contributed by atoms with van der Waals surface area (Å²) in [6.07, 6.45) is 1.87. The minimum atomic E-state index is 0.254. The fourth-order valence-corrected chi connectivity index (χ4v) is 4.61. The van der Waals surface area contributed by atoms with Gasteiger partial charge in [0.2, 0.25) is 0 Å². The molecule has 8 heteroatoms. The molecule has 0 radical (unpaired) electrons. The van der Waals surface area contributed by atoms with Gasteiger partial charge in [0, 0.05) is 33.0 Å². The minimum absolute atomic E-state index is 0.254. The van der Waals surface area contributed by atoms with Gasteiger partial charge in [-0.1, -0.05) is 57.3 Å². The van der Waals surface area contributed by atoms with Crippen molar-refractivity contribution < 1.29 is 9.47 Å². The summed E-state index contributed by atoms with van der Waals surface area (Å²) in [5, 5.41) is 4.66. The molecular formula is C26H26BrCl2N3O2. The van der Waals surface area contributed by atoms with Gasteiger partial charge in [0.15, 0.2) is 11.5 Å². The molecule has 0 bridgehead atoms. The van der Waals surface area contributed by atoms with Crippen LogP contribution in [0.15, 0.2) is 59.1 Å². The molecule has 3 aromatic carbocycles. The first-order valence-electron chi connectivity index (χ1n) is 11.2. The summed E-state index contributed by atoms with van der Waals surface area (Å²) in [5.41, 5.74) is 3.93. The lowest BCUT2D eigenvalue weighted by atomic mass is 10.2. The number of H-pyrrole nitrogens is 1. The van der Waals surface area contributed by atoms with Gasteiger partial charge in [0.05, 0.1) is 17.6 Å². The molecule has 0 saturated heterocycles. The summed E-state index contributed by atoms with van der Waals surface area (Å²) in [6, 6.07) is 17.4. The monoisotopic (exact) mass is 561 g/mol. The van der Waals surface area contributed by atoms with Crippen LogP contribution in [-0.2, 0) is 19.6 Å². The SMILES string of the molecule is CCOc1cc(CNCCCc2nc3ccccc3[nH]2)c(Br)cc1OCc1c(Cl)cccc1Cl. The van der Waals surface area contributed by atoms with E-state index in [0.717, 1.165) is 51.8 Å². The highest BCUT2D eigenvalue weighted by atomic mass is 79.9. The van der Waals surface area contributed by atoms with E-state index < -0.39 is 0 Å². The van der Waals surface area contributed by atoms with Gasteiger partial charge >= 0.3 is 0 Å². The third kappa shape index (κ3) is 6.25. The standard InChI is InChI=1S/C26H26BrCl2N3O2/c1-2-33-24-13-17(15-30-12-6-11-26-31-22-9-3-4-10-23(22)32-26)19(27)14-25(24)34-16-18-20(28)7-5-8-21(18)29/h3-5,7-10,13-14,30H,2,6,11-12,15-16H2,1H3,(H,31,32). The van der Waals surface area contributed by atoms with Crippen LogP contribution in [0.2, 0.25) is 10.0 Å². The first-order valence-corrected chi connectivity index (χ1v) is 12.7. The summed E-state index contributed by atoms with van der Waals surface area (Å²) < 4.78 is 12.8. The Labute approximate surface area is 217 Å². The molecule has 0 aliphatic carbocycles. The maximum atomic E-state index is 6.28. The number of halogens is 3. The minimum Gasteiger partial charge on any atom is -0.490 e. The van der Waals surface area contributed by atoms with Crippen molar-refractivity contribution in [1.82, 2.24) is 15.3 Å². The van der Waals surface area contributed by atoms with Gasteiger partial charge in [-0.2, -0.15) is 0 Å². The number of para-hydroxylation sites is 2. The van der Waals surface area contributed by atoms with Crippen molar-refractivity contribution in [3.63, 3.8) is 0 Å². The largest absolute Gasteiger partial charge is 0.490 e. The van der Waals surface area contributed by atoms with Gasteiger partial charge in [-0.3, -0.25) is 0 Å². The number of imidazole rings is 1. The Hall–Kier alpha value is -2.25. The van der Waals surface area contributed by atoms with Crippen LogP contribution in [0.25, 0.3) is 11.0 Å². The van der Waals surface area contributed by atoms with Crippen molar-refractivity contribution in [3.8, 4) is 11.5 Å². The van der Waals surface area contributed by atoms with Crippen LogP contribution in [0.1, 0.15) is 30.3 Å². The zero-order valence-corrected chi connectivity index (χ0v) is 21.9. The van der Waals surface area contributed by atoms with Gasteiger partial charge in [-0.25, -0.2) is 4.98 Å². The number of hydrogen-bond donors (Lipinski definition) is 2. The number of ether oxygens (including phenoxy) is 2. The normalized spacial score (nSPS) is 11.2. The highest BCUT2D eigenvalue weighted by Gasteiger charge is 2.13. The molecule has 178 valence electrons. The van der Waals surface area contributed by atoms with Crippen LogP contribution < -0.4 is 14.8 Å². The van der Waals surface area contributed by atoms with E-state index in [4.69, 9.17) is 32.7 Å². The van der Waals surface area contributed by atoms with E-state index in [1.165, 1.54) is 0 Å². The van der Waals surface area contributed by atoms with Gasteiger partial charge in [-0.15, -0.1) is 0 Å². The van der Waals surface area contributed by atoms with E-state index in [2.05, 4.69) is 31.2 Å². The Morgan fingerprint density at radius 3 is 2.53 bits per heavy atom. The lowest BCUT2D eigenvalue weighted by Crippen LogP contribution is -2.16. The van der Waals surface area contributed by atoms with Gasteiger partial charge in [0.1, 0.15) is 12.4 Å². The molecule has 0 spiro atoms. The van der Waals surface area contributed by atoms with Crippen molar-refractivity contribution in [2.75, 3.05) is 13.2 Å².